The molecule has 0 spiro atoms. The van der Waals surface area contributed by atoms with Crippen LogP contribution in [0.3, 0.4) is 0 Å². The van der Waals surface area contributed by atoms with Crippen molar-refractivity contribution in [3.05, 3.63) is 34.1 Å². The summed E-state index contributed by atoms with van der Waals surface area (Å²) >= 11 is 5.79. The molecule has 1 N–H and O–H groups in total. The van der Waals surface area contributed by atoms with Gasteiger partial charge in [0.25, 0.3) is 5.91 Å². The molecule has 0 aliphatic rings. The fourth-order valence-corrected chi connectivity index (χ4v) is 1.51. The van der Waals surface area contributed by atoms with Crippen molar-refractivity contribution in [3.8, 4) is 0 Å². The number of aryl methyl sites for hydroxylation is 1. The van der Waals surface area contributed by atoms with Gasteiger partial charge in [0.15, 0.2) is 0 Å². The molecular formula is C11H13ClFNO2. The smallest absolute Gasteiger partial charge is 0.255 e. The summed E-state index contributed by atoms with van der Waals surface area (Å²) in [6.45, 7) is 1.65. The summed E-state index contributed by atoms with van der Waals surface area (Å²) < 4.78 is 13.1. The molecule has 1 aromatic carbocycles. The molecule has 0 atom stereocenters. The fourth-order valence-electron chi connectivity index (χ4n) is 1.28. The lowest BCUT2D eigenvalue weighted by Gasteiger charge is -2.16. The van der Waals surface area contributed by atoms with Crippen molar-refractivity contribution >= 4 is 17.5 Å². The van der Waals surface area contributed by atoms with Gasteiger partial charge in [0, 0.05) is 13.6 Å². The molecule has 1 amide bonds. The van der Waals surface area contributed by atoms with Gasteiger partial charge in [-0.25, -0.2) is 4.39 Å². The van der Waals surface area contributed by atoms with Crippen LogP contribution in [-0.4, -0.2) is 36.1 Å². The van der Waals surface area contributed by atoms with Gasteiger partial charge in [-0.1, -0.05) is 11.6 Å². The molecule has 0 saturated heterocycles. The number of hydrogen-bond donors (Lipinski definition) is 1. The first-order valence-corrected chi connectivity index (χ1v) is 5.17. The van der Waals surface area contributed by atoms with Gasteiger partial charge in [-0.05, 0) is 24.6 Å². The Morgan fingerprint density at radius 3 is 2.75 bits per heavy atom. The van der Waals surface area contributed by atoms with Gasteiger partial charge in [-0.2, -0.15) is 0 Å². The second-order valence-electron chi connectivity index (χ2n) is 3.53. The summed E-state index contributed by atoms with van der Waals surface area (Å²) in [4.78, 5) is 13.2. The second-order valence-corrected chi connectivity index (χ2v) is 3.94. The Kier molecular flexibility index (Phi) is 4.26. The fraction of sp³-hybridized carbons (Fsp3) is 0.364. The zero-order chi connectivity index (χ0) is 12.3. The molecule has 5 heteroatoms. The highest BCUT2D eigenvalue weighted by molar-refractivity contribution is 6.33. The van der Waals surface area contributed by atoms with Crippen LogP contribution < -0.4 is 0 Å². The first-order chi connectivity index (χ1) is 7.47. The summed E-state index contributed by atoms with van der Waals surface area (Å²) in [5.74, 6) is -0.770. The van der Waals surface area contributed by atoms with Crippen molar-refractivity contribution in [1.82, 2.24) is 4.90 Å². The van der Waals surface area contributed by atoms with E-state index in [2.05, 4.69) is 0 Å². The van der Waals surface area contributed by atoms with E-state index in [1.165, 1.54) is 11.0 Å². The molecule has 0 bridgehead atoms. The number of carbonyl (C=O) groups excluding carboxylic acids is 1. The highest BCUT2D eigenvalue weighted by Crippen LogP contribution is 2.21. The molecule has 0 aromatic heterocycles. The van der Waals surface area contributed by atoms with Crippen LogP contribution in [0.2, 0.25) is 5.02 Å². The number of aliphatic hydroxyl groups excluding tert-OH is 1. The van der Waals surface area contributed by atoms with E-state index < -0.39 is 5.82 Å². The molecule has 1 aromatic rings. The van der Waals surface area contributed by atoms with Crippen LogP contribution in [-0.2, 0) is 0 Å². The number of rotatable bonds is 3. The minimum atomic E-state index is -0.439. The third kappa shape index (κ3) is 2.71. The third-order valence-electron chi connectivity index (χ3n) is 2.26. The van der Waals surface area contributed by atoms with Crippen molar-refractivity contribution in [1.29, 1.82) is 0 Å². The van der Waals surface area contributed by atoms with E-state index in [9.17, 15) is 9.18 Å². The Balaban J connectivity index is 3.04. The third-order valence-corrected chi connectivity index (χ3v) is 2.57. The largest absolute Gasteiger partial charge is 0.395 e. The average molecular weight is 246 g/mol. The number of halogens is 2. The molecule has 1 rings (SSSR count). The van der Waals surface area contributed by atoms with Crippen molar-refractivity contribution in [3.63, 3.8) is 0 Å². The van der Waals surface area contributed by atoms with Gasteiger partial charge in [0.05, 0.1) is 17.2 Å². The quantitative estimate of drug-likeness (QED) is 0.883. The van der Waals surface area contributed by atoms with E-state index in [0.29, 0.717) is 5.56 Å². The Morgan fingerprint density at radius 2 is 2.19 bits per heavy atom. The molecule has 88 valence electrons. The van der Waals surface area contributed by atoms with Crippen molar-refractivity contribution in [2.24, 2.45) is 0 Å². The summed E-state index contributed by atoms with van der Waals surface area (Å²) in [6.07, 6.45) is 0. The van der Waals surface area contributed by atoms with Crippen LogP contribution in [0.4, 0.5) is 4.39 Å². The number of amides is 1. The zero-order valence-corrected chi connectivity index (χ0v) is 9.88. The van der Waals surface area contributed by atoms with Crippen LogP contribution in [0.5, 0.6) is 0 Å². The van der Waals surface area contributed by atoms with Crippen LogP contribution in [0.25, 0.3) is 0 Å². The average Bonchev–Trinajstić information content (AvgIpc) is 2.23. The monoisotopic (exact) mass is 245 g/mol. The topological polar surface area (TPSA) is 40.5 Å². The number of hydrogen-bond acceptors (Lipinski definition) is 2. The number of carbonyl (C=O) groups is 1. The minimum absolute atomic E-state index is 0.0814. The number of aliphatic hydroxyl groups is 1. The molecule has 0 unspecified atom stereocenters. The Morgan fingerprint density at radius 1 is 1.56 bits per heavy atom. The maximum absolute atomic E-state index is 13.1. The zero-order valence-electron chi connectivity index (χ0n) is 9.13. The molecular weight excluding hydrogens is 233 g/mol. The predicted octanol–water partition coefficient (Wildman–Crippen LogP) is 1.85. The van der Waals surface area contributed by atoms with E-state index >= 15 is 0 Å². The molecule has 0 aliphatic carbocycles. The van der Waals surface area contributed by atoms with Crippen molar-refractivity contribution in [2.45, 2.75) is 6.92 Å². The standard InChI is InChI=1S/C11H13ClFNO2/c1-7-5-8(9(12)6-10(7)13)11(16)14(2)3-4-15/h5-6,15H,3-4H2,1-2H3. The van der Waals surface area contributed by atoms with Gasteiger partial charge in [0.1, 0.15) is 5.82 Å². The van der Waals surface area contributed by atoms with Gasteiger partial charge in [0.2, 0.25) is 0 Å². The van der Waals surface area contributed by atoms with Gasteiger partial charge < -0.3 is 10.0 Å². The normalized spacial score (nSPS) is 10.3. The SMILES string of the molecule is Cc1cc(C(=O)N(C)CCO)c(Cl)cc1F. The maximum Gasteiger partial charge on any atom is 0.255 e. The molecule has 0 aliphatic heterocycles. The highest BCUT2D eigenvalue weighted by atomic mass is 35.5. The molecule has 0 saturated carbocycles. The van der Waals surface area contributed by atoms with Gasteiger partial charge in [-0.3, -0.25) is 4.79 Å². The van der Waals surface area contributed by atoms with Gasteiger partial charge in [-0.15, -0.1) is 0 Å². The Hall–Kier alpha value is -1.13. The number of benzene rings is 1. The lowest BCUT2D eigenvalue weighted by atomic mass is 10.1. The number of likely N-dealkylation sites (N-methyl/N-ethyl adjacent to an activating group) is 1. The van der Waals surface area contributed by atoms with Crippen LogP contribution >= 0.6 is 11.6 Å². The molecule has 16 heavy (non-hydrogen) atoms. The molecule has 3 nitrogen and oxygen atoms in total. The molecule has 0 fully saturated rings. The minimum Gasteiger partial charge on any atom is -0.395 e. The highest BCUT2D eigenvalue weighted by Gasteiger charge is 2.16. The van der Waals surface area contributed by atoms with Crippen molar-refractivity contribution < 1.29 is 14.3 Å². The summed E-state index contributed by atoms with van der Waals surface area (Å²) in [5.41, 5.74) is 0.613. The van der Waals surface area contributed by atoms with Crippen LogP contribution in [0.1, 0.15) is 15.9 Å². The van der Waals surface area contributed by atoms with Crippen LogP contribution in [0, 0.1) is 12.7 Å². The summed E-state index contributed by atoms with van der Waals surface area (Å²) in [7, 11) is 1.55. The maximum atomic E-state index is 13.1. The predicted molar refractivity (Wildman–Crippen MR) is 60.2 cm³/mol. The lowest BCUT2D eigenvalue weighted by molar-refractivity contribution is 0.0767. The molecule has 0 radical (unpaired) electrons. The number of nitrogens with zero attached hydrogens (tertiary/aromatic N) is 1. The second kappa shape index (κ2) is 5.27. The van der Waals surface area contributed by atoms with Crippen LogP contribution in [0.15, 0.2) is 12.1 Å². The van der Waals surface area contributed by atoms with E-state index in [1.54, 1.807) is 14.0 Å². The molecule has 0 heterocycles. The first kappa shape index (κ1) is 12.9. The Labute approximate surface area is 98.4 Å². The first-order valence-electron chi connectivity index (χ1n) is 4.79. The van der Waals surface area contributed by atoms with Gasteiger partial charge >= 0.3 is 0 Å². The van der Waals surface area contributed by atoms with Crippen molar-refractivity contribution in [2.75, 3.05) is 20.2 Å². The lowest BCUT2D eigenvalue weighted by Crippen LogP contribution is -2.29. The van der Waals surface area contributed by atoms with E-state index in [1.807, 2.05) is 0 Å². The van der Waals surface area contributed by atoms with E-state index in [0.717, 1.165) is 6.07 Å². The summed E-state index contributed by atoms with van der Waals surface area (Å²) in [5, 5.41) is 8.79. The van der Waals surface area contributed by atoms with E-state index in [-0.39, 0.29) is 29.6 Å². The van der Waals surface area contributed by atoms with E-state index in [4.69, 9.17) is 16.7 Å². The summed E-state index contributed by atoms with van der Waals surface area (Å²) in [6, 6.07) is 2.53. The Bertz CT molecular complexity index is 409.